The van der Waals surface area contributed by atoms with E-state index < -0.39 is 141 Å². The highest BCUT2D eigenvalue weighted by Gasteiger charge is 2.60. The van der Waals surface area contributed by atoms with Crippen molar-refractivity contribution in [2.75, 3.05) is 13.2 Å². The van der Waals surface area contributed by atoms with Gasteiger partial charge in [-0.2, -0.15) is 0 Å². The van der Waals surface area contributed by atoms with Crippen molar-refractivity contribution < 1.29 is 89.3 Å². The minimum Gasteiger partial charge on any atom is -0.472 e. The van der Waals surface area contributed by atoms with Gasteiger partial charge in [0.1, 0.15) is 48.8 Å². The average molecular weight is 697 g/mol. The monoisotopic (exact) mass is 696 g/mol. The van der Waals surface area contributed by atoms with Crippen LogP contribution < -0.4 is 0 Å². The summed E-state index contributed by atoms with van der Waals surface area (Å²) in [5.74, 6) is -2.78. The van der Waals surface area contributed by atoms with Crippen LogP contribution >= 0.6 is 0 Å². The van der Waals surface area contributed by atoms with Gasteiger partial charge in [-0.15, -0.1) is 0 Å². The van der Waals surface area contributed by atoms with E-state index in [0.717, 1.165) is 0 Å². The number of hydrogen-bond donors (Lipinski definition) is 11. The molecule has 2 aliphatic carbocycles. The zero-order valence-electron chi connectivity index (χ0n) is 26.4. The Hall–Kier alpha value is -1.14. The lowest BCUT2D eigenvalue weighted by Crippen LogP contribution is -2.62. The first kappa shape index (κ1) is 36.6. The zero-order valence-corrected chi connectivity index (χ0v) is 26.4. The fraction of sp³-hybridized carbons (Fsp3) is 0.933. The van der Waals surface area contributed by atoms with E-state index in [9.17, 15) is 56.2 Å². The molecule has 0 aromatic carbocycles. The van der Waals surface area contributed by atoms with E-state index in [0.29, 0.717) is 0 Å². The molecule has 4 heterocycles. The molecule has 4 aliphatic heterocycles. The Kier molecular flexibility index (Phi) is 10.5. The fourth-order valence-corrected chi connectivity index (χ4v) is 8.25. The molecule has 0 spiro atoms. The Bertz CT molecular complexity index is 1140. The quantitative estimate of drug-likeness (QED) is 0.113. The van der Waals surface area contributed by atoms with Crippen LogP contribution in [0.2, 0.25) is 0 Å². The molecule has 18 nitrogen and oxygen atoms in total. The third-order valence-corrected chi connectivity index (χ3v) is 10.8. The van der Waals surface area contributed by atoms with Gasteiger partial charge in [0.05, 0.1) is 48.8 Å². The predicted octanol–water partition coefficient (Wildman–Crippen LogP) is -4.92. The van der Waals surface area contributed by atoms with Gasteiger partial charge in [0.25, 0.3) is 0 Å². The van der Waals surface area contributed by atoms with Crippen molar-refractivity contribution in [3.05, 3.63) is 12.3 Å². The van der Waals surface area contributed by atoms with Crippen LogP contribution in [-0.4, -0.2) is 173 Å². The average Bonchev–Trinajstić information content (AvgIpc) is 3.42. The van der Waals surface area contributed by atoms with E-state index in [1.54, 1.807) is 6.08 Å². The number of rotatable bonds is 8. The van der Waals surface area contributed by atoms with Crippen LogP contribution in [0.15, 0.2) is 12.3 Å². The largest absolute Gasteiger partial charge is 0.472 e. The first-order valence-corrected chi connectivity index (χ1v) is 16.2. The topological polar surface area (TPSA) is 287 Å². The molecule has 0 amide bonds. The summed E-state index contributed by atoms with van der Waals surface area (Å²) in [7, 11) is 0. The molecule has 0 bridgehead atoms. The summed E-state index contributed by atoms with van der Waals surface area (Å²) in [4.78, 5) is 0. The highest BCUT2D eigenvalue weighted by molar-refractivity contribution is 5.10. The first-order chi connectivity index (χ1) is 22.5. The molecule has 18 heteroatoms. The van der Waals surface area contributed by atoms with Crippen LogP contribution in [0.5, 0.6) is 0 Å². The van der Waals surface area contributed by atoms with Gasteiger partial charge in [-0.25, -0.2) is 0 Å². The summed E-state index contributed by atoms with van der Waals surface area (Å²) in [6.45, 7) is 1.86. The van der Waals surface area contributed by atoms with Crippen LogP contribution in [0.1, 0.15) is 33.1 Å². The summed E-state index contributed by atoms with van der Waals surface area (Å²) in [5, 5.41) is 116. The minimum absolute atomic E-state index is 0.0349. The molecular weight excluding hydrogens is 648 g/mol. The van der Waals surface area contributed by atoms with E-state index in [4.69, 9.17) is 33.2 Å². The second-order valence-electron chi connectivity index (χ2n) is 14.4. The molecule has 0 radical (unpaired) electrons. The van der Waals surface area contributed by atoms with E-state index in [2.05, 4.69) is 0 Å². The molecule has 6 rings (SSSR count). The van der Waals surface area contributed by atoms with Crippen molar-refractivity contribution in [2.24, 2.45) is 23.7 Å². The maximum atomic E-state index is 11.1. The Balaban J connectivity index is 1.14. The van der Waals surface area contributed by atoms with Gasteiger partial charge < -0.3 is 89.3 Å². The number of hydrogen-bond acceptors (Lipinski definition) is 18. The maximum Gasteiger partial charge on any atom is 0.207 e. The van der Waals surface area contributed by atoms with E-state index >= 15 is 0 Å². The Morgan fingerprint density at radius 2 is 1.23 bits per heavy atom. The van der Waals surface area contributed by atoms with Gasteiger partial charge in [-0.1, -0.05) is 0 Å². The molecule has 276 valence electrons. The molecule has 0 aromatic rings. The van der Waals surface area contributed by atoms with Crippen LogP contribution in [-0.2, 0) is 33.2 Å². The number of ether oxygens (including phenoxy) is 7. The molecule has 3 saturated heterocycles. The number of aliphatic hydroxyl groups excluding tert-OH is 9. The third kappa shape index (κ3) is 6.66. The van der Waals surface area contributed by atoms with Crippen LogP contribution in [0.25, 0.3) is 0 Å². The molecule has 2 saturated carbocycles. The van der Waals surface area contributed by atoms with Crippen molar-refractivity contribution in [2.45, 2.75) is 137 Å². The molecule has 21 atom stereocenters. The Morgan fingerprint density at radius 1 is 0.667 bits per heavy atom. The van der Waals surface area contributed by atoms with Crippen molar-refractivity contribution in [1.82, 2.24) is 0 Å². The van der Waals surface area contributed by atoms with Crippen molar-refractivity contribution in [3.63, 3.8) is 0 Å². The summed E-state index contributed by atoms with van der Waals surface area (Å²) in [5.41, 5.74) is -2.89. The van der Waals surface area contributed by atoms with E-state index in [1.165, 1.54) is 20.1 Å². The third-order valence-electron chi connectivity index (χ3n) is 10.8. The van der Waals surface area contributed by atoms with Gasteiger partial charge >= 0.3 is 0 Å². The van der Waals surface area contributed by atoms with Crippen molar-refractivity contribution in [3.8, 4) is 0 Å². The summed E-state index contributed by atoms with van der Waals surface area (Å²) < 4.78 is 40.5. The van der Waals surface area contributed by atoms with Crippen LogP contribution in [0.3, 0.4) is 0 Å². The van der Waals surface area contributed by atoms with Gasteiger partial charge in [-0.3, -0.25) is 0 Å². The number of aliphatic hydroxyl groups is 11. The molecule has 5 fully saturated rings. The van der Waals surface area contributed by atoms with Crippen LogP contribution in [0, 0.1) is 23.7 Å². The molecule has 0 unspecified atom stereocenters. The Labute approximate surface area is 275 Å². The van der Waals surface area contributed by atoms with Crippen molar-refractivity contribution in [1.29, 1.82) is 0 Å². The van der Waals surface area contributed by atoms with E-state index in [-0.39, 0.29) is 19.3 Å². The molecule has 11 N–H and O–H groups in total. The van der Waals surface area contributed by atoms with E-state index in [1.807, 2.05) is 0 Å². The van der Waals surface area contributed by atoms with Crippen molar-refractivity contribution >= 4 is 0 Å². The molecular formula is C30H48O18. The summed E-state index contributed by atoms with van der Waals surface area (Å²) in [6, 6.07) is 0. The van der Waals surface area contributed by atoms with Gasteiger partial charge in [0, 0.05) is 37.0 Å². The van der Waals surface area contributed by atoms with Crippen LogP contribution in [0.4, 0.5) is 0 Å². The molecule has 0 aromatic heterocycles. The standard InChI is InChI=1S/C30H48O18/c1-29(40)6-12(32)10-3-4-42-25(17(10)29)47-28-24(39)22(37)20(35)15(45-28)9-43-16-5-11-13(33)7-30(2,41)18(11)26(46-16)48-27-23(38)21(36)19(34)14(8-31)44-27/h3-4,10-28,31-41H,5-9H2,1-2H3/t10-,11-,12+,13+,14+,15+,16+,17+,18+,19+,20+,21-,22-,23+,24+,25-,26-,27-,28-,29-,30-/m0/s1. The van der Waals surface area contributed by atoms with Gasteiger partial charge in [0.15, 0.2) is 25.2 Å². The normalized spacial score (nSPS) is 56.8. The van der Waals surface area contributed by atoms with Gasteiger partial charge in [-0.05, 0) is 19.9 Å². The lowest BCUT2D eigenvalue weighted by molar-refractivity contribution is -0.388. The van der Waals surface area contributed by atoms with Gasteiger partial charge in [0.2, 0.25) is 6.29 Å². The molecule has 48 heavy (non-hydrogen) atoms. The lowest BCUT2D eigenvalue weighted by atomic mass is 9.82. The highest BCUT2D eigenvalue weighted by Crippen LogP contribution is 2.50. The maximum absolute atomic E-state index is 11.1. The summed E-state index contributed by atoms with van der Waals surface area (Å²) >= 11 is 0. The number of fused-ring (bicyclic) bond motifs is 2. The highest BCUT2D eigenvalue weighted by atomic mass is 16.8. The lowest BCUT2D eigenvalue weighted by Gasteiger charge is -2.47. The minimum atomic E-state index is -1.77. The second kappa shape index (κ2) is 13.8. The first-order valence-electron chi connectivity index (χ1n) is 16.2. The Morgan fingerprint density at radius 3 is 1.88 bits per heavy atom. The SMILES string of the molecule is C[C@]1(O)C[C@@H](O)[C@@H]2C=CO[C@@H](O[C@@H]3O[C@H](CO[C@H]4C[C@@H]5[C@H]([C@H](O[C@@H]6O[C@H](CO)[C@@H](O)[C@H](O)[C@H]6O)O4)[C@@](C)(O)C[C@H]5O)[C@@H](O)[C@H](O)[C@H]3O)[C@@H]21. The smallest absolute Gasteiger partial charge is 0.207 e. The summed E-state index contributed by atoms with van der Waals surface area (Å²) in [6.07, 6.45) is -18.8. The molecule has 6 aliphatic rings. The second-order valence-corrected chi connectivity index (χ2v) is 14.4. The fourth-order valence-electron chi connectivity index (χ4n) is 8.25. The predicted molar refractivity (Wildman–Crippen MR) is 152 cm³/mol. The zero-order chi connectivity index (χ0) is 34.9.